The number of carbonyl (C=O) groups excluding carboxylic acids is 1. The lowest BCUT2D eigenvalue weighted by molar-refractivity contribution is -0.384. The number of ether oxygens (including phenoxy) is 1. The Kier molecular flexibility index (Phi) is 6.48. The second kappa shape index (κ2) is 8.33. The number of hydrogen-bond acceptors (Lipinski definition) is 8. The van der Waals surface area contributed by atoms with E-state index in [0.29, 0.717) is 0 Å². The number of nitrogens with zero attached hydrogens (tertiary/aromatic N) is 2. The monoisotopic (exact) mass is 430 g/mol. The van der Waals surface area contributed by atoms with Gasteiger partial charge in [0, 0.05) is 18.6 Å². The van der Waals surface area contributed by atoms with Crippen molar-refractivity contribution in [3.8, 4) is 0 Å². The highest BCUT2D eigenvalue weighted by Crippen LogP contribution is 2.25. The molecule has 0 spiro atoms. The van der Waals surface area contributed by atoms with Crippen molar-refractivity contribution in [1.82, 2.24) is 4.90 Å². The van der Waals surface area contributed by atoms with Crippen LogP contribution < -0.4 is 0 Å². The Morgan fingerprint density at radius 3 is 2.34 bits per heavy atom. The number of carboxylic acid groups (broad SMARTS) is 1. The average Bonchev–Trinajstić information content (AvgIpc) is 2.96. The summed E-state index contributed by atoms with van der Waals surface area (Å²) in [5, 5.41) is 20.0. The van der Waals surface area contributed by atoms with Crippen molar-refractivity contribution < 1.29 is 37.0 Å². The number of carboxylic acids is 1. The molecule has 29 heavy (non-hydrogen) atoms. The van der Waals surface area contributed by atoms with Gasteiger partial charge in [0.25, 0.3) is 15.8 Å². The molecular formula is C17H22N2O9S. The number of amides is 1. The van der Waals surface area contributed by atoms with Crippen LogP contribution in [0.15, 0.2) is 24.3 Å². The predicted molar refractivity (Wildman–Crippen MR) is 99.6 cm³/mol. The molecule has 1 aliphatic heterocycles. The third-order valence-corrected chi connectivity index (χ3v) is 5.20. The lowest BCUT2D eigenvalue weighted by Crippen LogP contribution is -2.43. The number of hydrogen-bond donors (Lipinski definition) is 1. The van der Waals surface area contributed by atoms with Crippen molar-refractivity contribution in [1.29, 1.82) is 0 Å². The summed E-state index contributed by atoms with van der Waals surface area (Å²) in [5.74, 6) is -1.85. The number of nitro groups is 1. The molecule has 12 heteroatoms. The molecule has 0 saturated carbocycles. The SMILES string of the molecule is CC(C)(C)OC(=O)N1C[C@@H](OS(=O)(=O)Cc2ccc([N+](=O)[O-])cc2)C[C@H]1C(=O)O. The summed E-state index contributed by atoms with van der Waals surface area (Å²) in [6.45, 7) is 4.61. The average molecular weight is 430 g/mol. The van der Waals surface area contributed by atoms with Crippen LogP contribution in [0, 0.1) is 10.1 Å². The molecule has 0 aliphatic carbocycles. The van der Waals surface area contributed by atoms with E-state index in [1.54, 1.807) is 20.8 Å². The van der Waals surface area contributed by atoms with E-state index in [0.717, 1.165) is 4.90 Å². The van der Waals surface area contributed by atoms with E-state index >= 15 is 0 Å². The molecule has 0 radical (unpaired) electrons. The number of nitro benzene ring substituents is 1. The predicted octanol–water partition coefficient (Wildman–Crippen LogP) is 1.90. The van der Waals surface area contributed by atoms with Crippen molar-refractivity contribution in [2.24, 2.45) is 0 Å². The van der Waals surface area contributed by atoms with Gasteiger partial charge in [-0.25, -0.2) is 9.59 Å². The van der Waals surface area contributed by atoms with Crippen molar-refractivity contribution in [2.45, 2.75) is 50.7 Å². The molecule has 1 fully saturated rings. The number of benzene rings is 1. The van der Waals surface area contributed by atoms with Crippen molar-refractivity contribution in [3.05, 3.63) is 39.9 Å². The van der Waals surface area contributed by atoms with Gasteiger partial charge in [0.1, 0.15) is 17.4 Å². The Morgan fingerprint density at radius 2 is 1.86 bits per heavy atom. The minimum absolute atomic E-state index is 0.180. The van der Waals surface area contributed by atoms with Gasteiger partial charge in [-0.15, -0.1) is 0 Å². The first-order chi connectivity index (χ1) is 13.3. The summed E-state index contributed by atoms with van der Waals surface area (Å²) in [6.07, 6.45) is -2.14. The fourth-order valence-electron chi connectivity index (χ4n) is 2.78. The molecule has 0 bridgehead atoms. The van der Waals surface area contributed by atoms with E-state index in [-0.39, 0.29) is 24.2 Å². The maximum absolute atomic E-state index is 12.3. The van der Waals surface area contributed by atoms with E-state index in [1.165, 1.54) is 24.3 Å². The van der Waals surface area contributed by atoms with Crippen LogP contribution in [0.4, 0.5) is 10.5 Å². The number of likely N-dealkylation sites (tertiary alicyclic amines) is 1. The third-order valence-electron chi connectivity index (χ3n) is 3.95. The van der Waals surface area contributed by atoms with Gasteiger partial charge in [-0.05, 0) is 26.3 Å². The molecule has 1 aliphatic rings. The van der Waals surface area contributed by atoms with E-state index in [9.17, 15) is 33.2 Å². The van der Waals surface area contributed by atoms with Gasteiger partial charge in [-0.2, -0.15) is 8.42 Å². The molecule has 0 aromatic heterocycles. The van der Waals surface area contributed by atoms with Crippen molar-refractivity contribution >= 4 is 27.9 Å². The zero-order valence-corrected chi connectivity index (χ0v) is 16.9. The maximum atomic E-state index is 12.3. The quantitative estimate of drug-likeness (QED) is 0.405. The Hall–Kier alpha value is -2.73. The van der Waals surface area contributed by atoms with Crippen LogP contribution in [0.3, 0.4) is 0 Å². The minimum atomic E-state index is -4.13. The van der Waals surface area contributed by atoms with Crippen LogP contribution in [0.5, 0.6) is 0 Å². The van der Waals surface area contributed by atoms with E-state index in [2.05, 4.69) is 0 Å². The summed E-state index contributed by atoms with van der Waals surface area (Å²) in [4.78, 5) is 34.7. The van der Waals surface area contributed by atoms with Gasteiger partial charge < -0.3 is 9.84 Å². The van der Waals surface area contributed by atoms with Gasteiger partial charge in [0.15, 0.2) is 0 Å². The summed E-state index contributed by atoms with van der Waals surface area (Å²) in [6, 6.07) is 3.65. The molecule has 1 saturated heterocycles. The van der Waals surface area contributed by atoms with Crippen LogP contribution in [-0.4, -0.2) is 59.7 Å². The normalized spacial score (nSPS) is 19.8. The summed E-state index contributed by atoms with van der Waals surface area (Å²) in [7, 11) is -4.13. The molecule has 1 N–H and O–H groups in total. The van der Waals surface area contributed by atoms with Crippen molar-refractivity contribution in [3.63, 3.8) is 0 Å². The fourth-order valence-corrected chi connectivity index (χ4v) is 4.01. The highest BCUT2D eigenvalue weighted by molar-refractivity contribution is 7.85. The zero-order valence-electron chi connectivity index (χ0n) is 16.1. The first-order valence-electron chi connectivity index (χ1n) is 8.64. The van der Waals surface area contributed by atoms with Crippen molar-refractivity contribution in [2.75, 3.05) is 6.54 Å². The highest BCUT2D eigenvalue weighted by atomic mass is 32.2. The molecule has 1 amide bonds. The second-order valence-electron chi connectivity index (χ2n) is 7.57. The van der Waals surface area contributed by atoms with Crippen LogP contribution in [0.2, 0.25) is 0 Å². The molecule has 11 nitrogen and oxygen atoms in total. The second-order valence-corrected chi connectivity index (χ2v) is 9.16. The fraction of sp³-hybridized carbons (Fsp3) is 0.529. The van der Waals surface area contributed by atoms with Gasteiger partial charge in [0.05, 0.1) is 17.6 Å². The van der Waals surface area contributed by atoms with Crippen LogP contribution in [0.1, 0.15) is 32.8 Å². The van der Waals surface area contributed by atoms with E-state index in [4.69, 9.17) is 8.92 Å². The molecule has 1 aromatic carbocycles. The Morgan fingerprint density at radius 1 is 1.28 bits per heavy atom. The van der Waals surface area contributed by atoms with E-state index in [1.807, 2.05) is 0 Å². The lowest BCUT2D eigenvalue weighted by Gasteiger charge is -2.26. The summed E-state index contributed by atoms with van der Waals surface area (Å²) in [5.41, 5.74) is -0.756. The number of carbonyl (C=O) groups is 2. The van der Waals surface area contributed by atoms with Crippen LogP contribution in [0.25, 0.3) is 0 Å². The molecular weight excluding hydrogens is 408 g/mol. The highest BCUT2D eigenvalue weighted by Gasteiger charge is 2.43. The summed E-state index contributed by atoms with van der Waals surface area (Å²) >= 11 is 0. The molecule has 160 valence electrons. The standard InChI is InChI=1S/C17H22N2O9S/c1-17(2,3)27-16(22)18-9-13(8-14(18)15(20)21)28-29(25,26)10-11-4-6-12(7-5-11)19(23)24/h4-7,13-14H,8-10H2,1-3H3,(H,20,21)/t13-,14-/m0/s1. The molecule has 0 unspecified atom stereocenters. The Bertz CT molecular complexity index is 890. The first kappa shape index (κ1) is 22.6. The molecule has 2 rings (SSSR count). The van der Waals surface area contributed by atoms with Gasteiger partial charge >= 0.3 is 12.1 Å². The third kappa shape index (κ3) is 6.39. The molecule has 1 aromatic rings. The molecule has 2 atom stereocenters. The molecule has 1 heterocycles. The Balaban J connectivity index is 2.07. The minimum Gasteiger partial charge on any atom is -0.480 e. The number of rotatable bonds is 6. The first-order valence-corrected chi connectivity index (χ1v) is 10.2. The Labute approximate surface area is 167 Å². The zero-order chi connectivity index (χ0) is 22.0. The number of aliphatic carboxylic acids is 1. The van der Waals surface area contributed by atoms with Gasteiger partial charge in [-0.1, -0.05) is 12.1 Å². The van der Waals surface area contributed by atoms with Gasteiger partial charge in [0.2, 0.25) is 0 Å². The maximum Gasteiger partial charge on any atom is 0.411 e. The van der Waals surface area contributed by atoms with Crippen LogP contribution >= 0.6 is 0 Å². The van der Waals surface area contributed by atoms with Gasteiger partial charge in [-0.3, -0.25) is 19.2 Å². The van der Waals surface area contributed by atoms with Crippen LogP contribution in [-0.2, 0) is 29.6 Å². The topological polar surface area (TPSA) is 153 Å². The smallest absolute Gasteiger partial charge is 0.411 e. The summed E-state index contributed by atoms with van der Waals surface area (Å²) < 4.78 is 34.9. The lowest BCUT2D eigenvalue weighted by atomic mass is 10.2. The largest absolute Gasteiger partial charge is 0.480 e. The number of non-ortho nitro benzene ring substituents is 1. The van der Waals surface area contributed by atoms with E-state index < -0.39 is 50.6 Å².